The highest BCUT2D eigenvalue weighted by Gasteiger charge is 2.22. The van der Waals surface area contributed by atoms with E-state index in [-0.39, 0.29) is 18.9 Å². The lowest BCUT2D eigenvalue weighted by molar-refractivity contribution is -0.120. The van der Waals surface area contributed by atoms with Crippen LogP contribution in [0.3, 0.4) is 0 Å². The zero-order valence-corrected chi connectivity index (χ0v) is 20.0. The number of amides is 1. The van der Waals surface area contributed by atoms with E-state index < -0.39 is 23.8 Å². The van der Waals surface area contributed by atoms with Crippen molar-refractivity contribution in [3.05, 3.63) is 64.7 Å². The van der Waals surface area contributed by atoms with Gasteiger partial charge in [-0.05, 0) is 53.6 Å². The summed E-state index contributed by atoms with van der Waals surface area (Å²) in [6, 6.07) is 8.96. The third kappa shape index (κ3) is 7.60. The summed E-state index contributed by atoms with van der Waals surface area (Å²) in [6.45, 7) is 8.02. The number of aliphatic hydroxyl groups excluding tert-OH is 1. The molecule has 2 aromatic carbocycles. The first-order valence-corrected chi connectivity index (χ1v) is 11.7. The minimum Gasteiger partial charge on any atom is -0.390 e. The molecule has 1 amide bonds. The number of benzene rings is 2. The molecule has 2 unspecified atom stereocenters. The van der Waals surface area contributed by atoms with Crippen molar-refractivity contribution in [1.29, 1.82) is 0 Å². The summed E-state index contributed by atoms with van der Waals surface area (Å²) < 4.78 is 27.2. The molecule has 2 atom stereocenters. The van der Waals surface area contributed by atoms with Gasteiger partial charge in [0.2, 0.25) is 5.91 Å². The first-order chi connectivity index (χ1) is 16.2. The molecule has 0 saturated carbocycles. The van der Waals surface area contributed by atoms with Crippen LogP contribution in [-0.2, 0) is 24.2 Å². The second-order valence-corrected chi connectivity index (χ2v) is 9.26. The molecule has 0 aromatic heterocycles. The fourth-order valence-corrected chi connectivity index (χ4v) is 4.25. The van der Waals surface area contributed by atoms with Gasteiger partial charge < -0.3 is 20.6 Å². The number of carbonyl (C=O) groups is 1. The van der Waals surface area contributed by atoms with E-state index in [1.807, 2.05) is 6.34 Å². The maximum absolute atomic E-state index is 13.6. The van der Waals surface area contributed by atoms with Crippen LogP contribution in [-0.4, -0.2) is 49.1 Å². The molecule has 2 aromatic rings. The van der Waals surface area contributed by atoms with Gasteiger partial charge in [0.1, 0.15) is 11.6 Å². The van der Waals surface area contributed by atoms with Crippen molar-refractivity contribution in [2.75, 3.05) is 24.5 Å². The minimum atomic E-state index is -0.953. The van der Waals surface area contributed by atoms with Crippen molar-refractivity contribution in [3.63, 3.8) is 0 Å². The summed E-state index contributed by atoms with van der Waals surface area (Å²) in [6.07, 6.45) is 1.97. The Morgan fingerprint density at radius 1 is 1.12 bits per heavy atom. The first-order valence-electron chi connectivity index (χ1n) is 11.7. The third-order valence-corrected chi connectivity index (χ3v) is 5.69. The van der Waals surface area contributed by atoms with Gasteiger partial charge in [-0.1, -0.05) is 26.0 Å². The molecule has 3 N–H and O–H groups in total. The molecular weight excluding hydrogens is 438 g/mol. The summed E-state index contributed by atoms with van der Waals surface area (Å²) in [5, 5.41) is 16.8. The molecule has 1 heterocycles. The molecule has 6 nitrogen and oxygen atoms in total. The molecule has 1 aliphatic rings. The lowest BCUT2D eigenvalue weighted by Crippen LogP contribution is -2.48. The van der Waals surface area contributed by atoms with Crippen LogP contribution in [0.5, 0.6) is 0 Å². The summed E-state index contributed by atoms with van der Waals surface area (Å²) in [4.78, 5) is 18.1. The Balaban J connectivity index is 1.68. The van der Waals surface area contributed by atoms with Gasteiger partial charge in [0, 0.05) is 38.3 Å². The van der Waals surface area contributed by atoms with Gasteiger partial charge in [0.05, 0.1) is 25.0 Å². The van der Waals surface area contributed by atoms with Crippen LogP contribution in [0.25, 0.3) is 0 Å². The van der Waals surface area contributed by atoms with Crippen LogP contribution in [0, 0.1) is 17.6 Å². The number of aliphatic hydroxyl groups is 1. The van der Waals surface area contributed by atoms with Gasteiger partial charge in [-0.25, -0.2) is 8.78 Å². The van der Waals surface area contributed by atoms with Gasteiger partial charge in [0.15, 0.2) is 0 Å². The zero-order valence-electron chi connectivity index (χ0n) is 20.0. The quantitative estimate of drug-likeness (QED) is 0.470. The molecule has 34 heavy (non-hydrogen) atoms. The molecule has 0 saturated heterocycles. The molecule has 0 radical (unpaired) electrons. The Labute approximate surface area is 200 Å². The Bertz CT molecular complexity index is 992. The summed E-state index contributed by atoms with van der Waals surface area (Å²) in [7, 11) is 0. The van der Waals surface area contributed by atoms with Crippen LogP contribution in [0.15, 0.2) is 41.4 Å². The molecule has 3 rings (SSSR count). The Morgan fingerprint density at radius 2 is 1.85 bits per heavy atom. The molecule has 1 aliphatic heterocycles. The number of hydrogen-bond acceptors (Lipinski definition) is 5. The summed E-state index contributed by atoms with van der Waals surface area (Å²) in [5.74, 6) is -1.17. The van der Waals surface area contributed by atoms with Gasteiger partial charge in [-0.2, -0.15) is 0 Å². The van der Waals surface area contributed by atoms with E-state index in [0.717, 1.165) is 36.8 Å². The maximum atomic E-state index is 13.6. The lowest BCUT2D eigenvalue weighted by atomic mass is 9.99. The van der Waals surface area contributed by atoms with Crippen LogP contribution in [0.4, 0.5) is 14.5 Å². The van der Waals surface area contributed by atoms with E-state index in [2.05, 4.69) is 52.6 Å². The largest absolute Gasteiger partial charge is 0.390 e. The normalized spacial score (nSPS) is 15.1. The number of carbonyl (C=O) groups excluding carboxylic acids is 1. The van der Waals surface area contributed by atoms with Crippen LogP contribution < -0.4 is 15.5 Å². The molecule has 0 aliphatic carbocycles. The number of hydrogen-bond donors (Lipinski definition) is 3. The summed E-state index contributed by atoms with van der Waals surface area (Å²) >= 11 is 0. The fraction of sp³-hybridized carbons (Fsp3) is 0.462. The van der Waals surface area contributed by atoms with Gasteiger partial charge in [0.25, 0.3) is 0 Å². The monoisotopic (exact) mass is 472 g/mol. The van der Waals surface area contributed by atoms with E-state index in [9.17, 15) is 18.7 Å². The van der Waals surface area contributed by atoms with E-state index >= 15 is 0 Å². The van der Waals surface area contributed by atoms with E-state index in [1.165, 1.54) is 24.6 Å². The highest BCUT2D eigenvalue weighted by molar-refractivity contribution is 5.82. The minimum absolute atomic E-state index is 0.108. The van der Waals surface area contributed by atoms with Crippen molar-refractivity contribution in [1.82, 2.24) is 10.6 Å². The average Bonchev–Trinajstić information content (AvgIpc) is 3.26. The predicted octanol–water partition coefficient (Wildman–Crippen LogP) is 3.21. The highest BCUT2D eigenvalue weighted by Crippen LogP contribution is 2.24. The van der Waals surface area contributed by atoms with Crippen molar-refractivity contribution >= 4 is 17.9 Å². The van der Waals surface area contributed by atoms with E-state index in [4.69, 9.17) is 0 Å². The van der Waals surface area contributed by atoms with Gasteiger partial charge >= 0.3 is 0 Å². The van der Waals surface area contributed by atoms with Crippen molar-refractivity contribution in [2.45, 2.75) is 52.3 Å². The average molecular weight is 473 g/mol. The lowest BCUT2D eigenvalue weighted by Gasteiger charge is -2.25. The standard InChI is InChI=1S/C26H34F2N4O2/c1-17(2)8-19-4-5-25(32-7-6-29-16-32)21(9-19)14-30-15-26(34)24(31-18(3)33)12-20-10-22(27)13-23(28)11-20/h4-5,9-11,13,16-17,24,26,30,34H,6-8,12,14-15H2,1-3H3,(H,31,33). The van der Waals surface area contributed by atoms with Crippen molar-refractivity contribution in [2.24, 2.45) is 10.9 Å². The van der Waals surface area contributed by atoms with E-state index in [0.29, 0.717) is 18.0 Å². The van der Waals surface area contributed by atoms with E-state index in [1.54, 1.807) is 0 Å². The summed E-state index contributed by atoms with van der Waals surface area (Å²) in [5.41, 5.74) is 3.79. The van der Waals surface area contributed by atoms with Crippen LogP contribution >= 0.6 is 0 Å². The maximum Gasteiger partial charge on any atom is 0.217 e. The SMILES string of the molecule is CC(=O)NC(Cc1cc(F)cc(F)c1)C(O)CNCc1cc(CC(C)C)ccc1N1C=NCC1. The topological polar surface area (TPSA) is 77.0 Å². The molecule has 0 spiro atoms. The number of anilines is 1. The second kappa shape index (κ2) is 12.0. The predicted molar refractivity (Wildman–Crippen MR) is 131 cm³/mol. The molecule has 0 fully saturated rings. The number of nitrogens with one attached hydrogen (secondary N) is 2. The van der Waals surface area contributed by atoms with Crippen molar-refractivity contribution in [3.8, 4) is 0 Å². The third-order valence-electron chi connectivity index (χ3n) is 5.69. The fourth-order valence-electron chi connectivity index (χ4n) is 4.25. The van der Waals surface area contributed by atoms with Gasteiger partial charge in [-0.15, -0.1) is 0 Å². The van der Waals surface area contributed by atoms with Crippen molar-refractivity contribution < 1.29 is 18.7 Å². The number of nitrogens with zero attached hydrogens (tertiary/aromatic N) is 2. The zero-order chi connectivity index (χ0) is 24.7. The molecule has 184 valence electrons. The number of halogens is 2. The first kappa shape index (κ1) is 25.8. The smallest absolute Gasteiger partial charge is 0.217 e. The Morgan fingerprint density at radius 3 is 2.47 bits per heavy atom. The molecule has 0 bridgehead atoms. The van der Waals surface area contributed by atoms with Crippen LogP contribution in [0.2, 0.25) is 0 Å². The molecule has 8 heteroatoms. The Kier molecular flexibility index (Phi) is 9.12. The molecular formula is C26H34F2N4O2. The van der Waals surface area contributed by atoms with Crippen LogP contribution in [0.1, 0.15) is 37.5 Å². The second-order valence-electron chi connectivity index (χ2n) is 9.26. The number of aliphatic imine (C=N–C) groups is 1. The Hall–Kier alpha value is -2.84. The number of rotatable bonds is 11. The highest BCUT2D eigenvalue weighted by atomic mass is 19.1. The van der Waals surface area contributed by atoms with Gasteiger partial charge in [-0.3, -0.25) is 9.79 Å².